The number of halogens is 1. The standard InChI is InChI=1S/C14H22ClO3P/c1-3-5-8-12-9-7-11-14(18-19(15,16)17)13(12)10-6-4-2/h7,9,11H,3-6,8,10H2,1-2H3,(H,16,17). The lowest BCUT2D eigenvalue weighted by Gasteiger charge is -2.15. The zero-order chi connectivity index (χ0) is 14.3. The fourth-order valence-corrected chi connectivity index (χ4v) is 2.69. The molecule has 19 heavy (non-hydrogen) atoms. The molecule has 1 rings (SSSR count). The summed E-state index contributed by atoms with van der Waals surface area (Å²) in [5, 5.41) is 0. The van der Waals surface area contributed by atoms with E-state index < -0.39 is 6.95 Å². The monoisotopic (exact) mass is 304 g/mol. The highest BCUT2D eigenvalue weighted by Gasteiger charge is 2.19. The Morgan fingerprint density at radius 2 is 1.84 bits per heavy atom. The quantitative estimate of drug-likeness (QED) is 0.680. The Balaban J connectivity index is 3.02. The van der Waals surface area contributed by atoms with Crippen LogP contribution in [0.2, 0.25) is 0 Å². The van der Waals surface area contributed by atoms with Crippen molar-refractivity contribution >= 4 is 18.2 Å². The zero-order valence-corrected chi connectivity index (χ0v) is 13.2. The molecule has 1 atom stereocenters. The molecule has 0 saturated heterocycles. The predicted molar refractivity (Wildman–Crippen MR) is 80.0 cm³/mol. The average molecular weight is 305 g/mol. The van der Waals surface area contributed by atoms with Crippen molar-refractivity contribution in [1.82, 2.24) is 0 Å². The van der Waals surface area contributed by atoms with Gasteiger partial charge in [0, 0.05) is 11.2 Å². The van der Waals surface area contributed by atoms with Crippen molar-refractivity contribution in [3.8, 4) is 5.75 Å². The molecule has 0 amide bonds. The summed E-state index contributed by atoms with van der Waals surface area (Å²) in [6, 6.07) is 5.62. The van der Waals surface area contributed by atoms with Crippen LogP contribution in [0.25, 0.3) is 0 Å². The normalized spacial score (nSPS) is 14.1. The molecule has 3 nitrogen and oxygen atoms in total. The minimum absolute atomic E-state index is 0.447. The summed E-state index contributed by atoms with van der Waals surface area (Å²) >= 11 is 5.32. The second-order valence-electron chi connectivity index (χ2n) is 4.64. The van der Waals surface area contributed by atoms with Gasteiger partial charge in [0.25, 0.3) is 0 Å². The number of rotatable bonds is 8. The topological polar surface area (TPSA) is 46.5 Å². The number of hydrogen-bond donors (Lipinski definition) is 1. The molecule has 0 fully saturated rings. The molecule has 0 spiro atoms. The van der Waals surface area contributed by atoms with Gasteiger partial charge in [-0.25, -0.2) is 4.57 Å². The van der Waals surface area contributed by atoms with Gasteiger partial charge in [0.1, 0.15) is 5.75 Å². The maximum Gasteiger partial charge on any atom is 0.474 e. The van der Waals surface area contributed by atoms with E-state index in [9.17, 15) is 9.46 Å². The largest absolute Gasteiger partial charge is 0.474 e. The Morgan fingerprint density at radius 1 is 1.21 bits per heavy atom. The summed E-state index contributed by atoms with van der Waals surface area (Å²) < 4.78 is 16.3. The Hall–Kier alpha value is -0.500. The first-order valence-electron chi connectivity index (χ1n) is 6.80. The van der Waals surface area contributed by atoms with Crippen molar-refractivity contribution in [2.45, 2.75) is 52.4 Å². The number of benzene rings is 1. The second-order valence-corrected chi connectivity index (χ2v) is 7.01. The van der Waals surface area contributed by atoms with Crippen molar-refractivity contribution < 1.29 is 14.0 Å². The maximum absolute atomic E-state index is 11.2. The molecule has 0 radical (unpaired) electrons. The van der Waals surface area contributed by atoms with E-state index in [-0.39, 0.29) is 0 Å². The van der Waals surface area contributed by atoms with Crippen LogP contribution in [0.3, 0.4) is 0 Å². The third-order valence-electron chi connectivity index (χ3n) is 3.02. The molecule has 108 valence electrons. The van der Waals surface area contributed by atoms with E-state index in [4.69, 9.17) is 15.8 Å². The molecule has 0 aliphatic rings. The average Bonchev–Trinajstić information content (AvgIpc) is 2.33. The molecular weight excluding hydrogens is 283 g/mol. The lowest BCUT2D eigenvalue weighted by molar-refractivity contribution is 0.398. The van der Waals surface area contributed by atoms with Gasteiger partial charge >= 0.3 is 6.95 Å². The Kier molecular flexibility index (Phi) is 6.92. The molecule has 0 saturated carbocycles. The van der Waals surface area contributed by atoms with Crippen LogP contribution in [0.4, 0.5) is 0 Å². The molecule has 1 unspecified atom stereocenters. The molecule has 0 aliphatic carbocycles. The highest BCUT2D eigenvalue weighted by molar-refractivity contribution is 7.80. The first kappa shape index (κ1) is 16.6. The van der Waals surface area contributed by atoms with Gasteiger partial charge in [0.05, 0.1) is 0 Å². The van der Waals surface area contributed by atoms with E-state index in [1.165, 1.54) is 5.56 Å². The number of unbranched alkanes of at least 4 members (excludes halogenated alkanes) is 2. The van der Waals surface area contributed by atoms with Gasteiger partial charge in [-0.15, -0.1) is 0 Å². The van der Waals surface area contributed by atoms with Crippen molar-refractivity contribution in [3.05, 3.63) is 29.3 Å². The van der Waals surface area contributed by atoms with Gasteiger partial charge in [-0.3, -0.25) is 0 Å². The third kappa shape index (κ3) is 5.99. The van der Waals surface area contributed by atoms with Crippen molar-refractivity contribution in [2.24, 2.45) is 0 Å². The highest BCUT2D eigenvalue weighted by Crippen LogP contribution is 2.48. The van der Waals surface area contributed by atoms with Crippen molar-refractivity contribution in [1.29, 1.82) is 0 Å². The Bertz CT molecular complexity index is 442. The third-order valence-corrected chi connectivity index (χ3v) is 3.65. The summed E-state index contributed by atoms with van der Waals surface area (Å²) in [5.74, 6) is 0.447. The van der Waals surface area contributed by atoms with Gasteiger partial charge in [0.15, 0.2) is 0 Å². The van der Waals surface area contributed by atoms with E-state index >= 15 is 0 Å². The SMILES string of the molecule is CCCCc1cccc(OP(=O)(O)Cl)c1CCCC. The lowest BCUT2D eigenvalue weighted by Crippen LogP contribution is -1.99. The number of hydrogen-bond acceptors (Lipinski definition) is 2. The summed E-state index contributed by atoms with van der Waals surface area (Å²) in [6.07, 6.45) is 6.12. The van der Waals surface area contributed by atoms with Crippen molar-refractivity contribution in [3.63, 3.8) is 0 Å². The molecule has 5 heteroatoms. The zero-order valence-electron chi connectivity index (χ0n) is 11.6. The van der Waals surface area contributed by atoms with Crippen LogP contribution in [-0.4, -0.2) is 4.89 Å². The number of aryl methyl sites for hydroxylation is 1. The van der Waals surface area contributed by atoms with Crippen LogP contribution in [0.15, 0.2) is 18.2 Å². The molecule has 0 bridgehead atoms. The molecule has 1 N–H and O–H groups in total. The minimum Gasteiger partial charge on any atom is -0.413 e. The van der Waals surface area contributed by atoms with E-state index in [1.807, 2.05) is 6.07 Å². The highest BCUT2D eigenvalue weighted by atomic mass is 35.7. The van der Waals surface area contributed by atoms with Crippen LogP contribution < -0.4 is 4.52 Å². The van der Waals surface area contributed by atoms with Crippen LogP contribution in [0, 0.1) is 0 Å². The summed E-state index contributed by atoms with van der Waals surface area (Å²) in [5.41, 5.74) is 2.21. The predicted octanol–water partition coefficient (Wildman–Crippen LogP) is 5.09. The lowest BCUT2D eigenvalue weighted by atomic mass is 9.97. The Morgan fingerprint density at radius 3 is 2.42 bits per heavy atom. The van der Waals surface area contributed by atoms with E-state index in [0.717, 1.165) is 44.1 Å². The maximum atomic E-state index is 11.2. The fourth-order valence-electron chi connectivity index (χ4n) is 2.06. The first-order valence-corrected chi connectivity index (χ1v) is 9.29. The van der Waals surface area contributed by atoms with Gasteiger partial charge in [0.2, 0.25) is 0 Å². The van der Waals surface area contributed by atoms with Gasteiger partial charge in [-0.05, 0) is 42.9 Å². The van der Waals surface area contributed by atoms with Gasteiger partial charge in [-0.2, -0.15) is 0 Å². The summed E-state index contributed by atoms with van der Waals surface area (Å²) in [4.78, 5) is 9.19. The van der Waals surface area contributed by atoms with E-state index in [2.05, 4.69) is 19.9 Å². The molecular formula is C14H22ClO3P. The first-order chi connectivity index (χ1) is 8.98. The van der Waals surface area contributed by atoms with Gasteiger partial charge in [-0.1, -0.05) is 38.8 Å². The minimum atomic E-state index is -4.02. The second kappa shape index (κ2) is 7.94. The summed E-state index contributed by atoms with van der Waals surface area (Å²) in [7, 11) is 0. The van der Waals surface area contributed by atoms with E-state index in [0.29, 0.717) is 5.75 Å². The van der Waals surface area contributed by atoms with Gasteiger partial charge < -0.3 is 9.42 Å². The molecule has 0 heterocycles. The van der Waals surface area contributed by atoms with Crippen LogP contribution >= 0.6 is 18.2 Å². The molecule has 0 aliphatic heterocycles. The van der Waals surface area contributed by atoms with Crippen molar-refractivity contribution in [2.75, 3.05) is 0 Å². The molecule has 1 aromatic carbocycles. The fraction of sp³-hybridized carbons (Fsp3) is 0.571. The van der Waals surface area contributed by atoms with Crippen LogP contribution in [0.1, 0.15) is 50.7 Å². The van der Waals surface area contributed by atoms with E-state index in [1.54, 1.807) is 6.07 Å². The summed E-state index contributed by atoms with van der Waals surface area (Å²) in [6.45, 7) is 0.244. The molecule has 0 aromatic heterocycles. The van der Waals surface area contributed by atoms with Crippen LogP contribution in [-0.2, 0) is 17.4 Å². The van der Waals surface area contributed by atoms with Crippen LogP contribution in [0.5, 0.6) is 5.75 Å². The Labute approximate surface area is 120 Å². The molecule has 1 aromatic rings. The smallest absolute Gasteiger partial charge is 0.413 e.